The molecule has 3 aliphatic rings. The maximum absolute atomic E-state index is 6.21. The molecule has 2 aliphatic carbocycles. The van der Waals surface area contributed by atoms with Crippen LogP contribution in [0.5, 0.6) is 0 Å². The molecule has 152 valence electrons. The number of aromatic nitrogens is 1. The van der Waals surface area contributed by atoms with Gasteiger partial charge in [0.05, 0.1) is 6.10 Å². The standard InChI is InChI=1S/C23H39N3O/c1-2-15-27-21-8-3-6-19(16-21)10-14-24-18-23(22-9-5-13-26-22)11-4-7-20(17-23)25-12-1/h5,9,13,19-21,24-26H,1-4,6-8,10-12,14-18H2. The molecule has 4 atom stereocenters. The summed E-state index contributed by atoms with van der Waals surface area (Å²) >= 11 is 0. The average molecular weight is 374 g/mol. The lowest BCUT2D eigenvalue weighted by Crippen LogP contribution is -2.48. The first kappa shape index (κ1) is 19.5. The van der Waals surface area contributed by atoms with Gasteiger partial charge in [0.1, 0.15) is 0 Å². The van der Waals surface area contributed by atoms with E-state index in [1.165, 1.54) is 76.3 Å². The van der Waals surface area contributed by atoms with E-state index >= 15 is 0 Å². The number of hydrogen-bond acceptors (Lipinski definition) is 3. The van der Waals surface area contributed by atoms with E-state index in [1.54, 1.807) is 0 Å². The molecule has 1 aromatic rings. The van der Waals surface area contributed by atoms with Crippen molar-refractivity contribution in [3.63, 3.8) is 0 Å². The van der Waals surface area contributed by atoms with Crippen LogP contribution in [0.25, 0.3) is 0 Å². The van der Waals surface area contributed by atoms with Crippen molar-refractivity contribution in [1.29, 1.82) is 0 Å². The van der Waals surface area contributed by atoms with E-state index in [0.29, 0.717) is 12.1 Å². The molecule has 27 heavy (non-hydrogen) atoms. The summed E-state index contributed by atoms with van der Waals surface area (Å²) in [6, 6.07) is 5.13. The number of ether oxygens (including phenoxy) is 1. The van der Waals surface area contributed by atoms with E-state index < -0.39 is 0 Å². The van der Waals surface area contributed by atoms with E-state index in [1.807, 2.05) is 0 Å². The monoisotopic (exact) mass is 373 g/mol. The van der Waals surface area contributed by atoms with Gasteiger partial charge in [-0.2, -0.15) is 0 Å². The fraction of sp³-hybridized carbons (Fsp3) is 0.826. The first-order valence-electron chi connectivity index (χ1n) is 11.5. The smallest absolute Gasteiger partial charge is 0.0577 e. The first-order valence-corrected chi connectivity index (χ1v) is 11.5. The van der Waals surface area contributed by atoms with Gasteiger partial charge in [-0.15, -0.1) is 0 Å². The molecule has 2 heterocycles. The van der Waals surface area contributed by atoms with Crippen LogP contribution in [0.15, 0.2) is 18.3 Å². The van der Waals surface area contributed by atoms with Crippen LogP contribution in [-0.4, -0.2) is 43.4 Å². The van der Waals surface area contributed by atoms with Gasteiger partial charge in [0.2, 0.25) is 0 Å². The molecule has 1 aliphatic heterocycles. The van der Waals surface area contributed by atoms with Crippen molar-refractivity contribution in [2.45, 2.75) is 88.2 Å². The van der Waals surface area contributed by atoms with Crippen molar-refractivity contribution in [2.24, 2.45) is 5.92 Å². The molecule has 0 spiro atoms. The lowest BCUT2D eigenvalue weighted by atomic mass is 9.69. The zero-order valence-electron chi connectivity index (χ0n) is 17.0. The summed E-state index contributed by atoms with van der Waals surface area (Å²) in [4.78, 5) is 3.56. The van der Waals surface area contributed by atoms with Gasteiger partial charge in [-0.05, 0) is 82.5 Å². The summed E-state index contributed by atoms with van der Waals surface area (Å²) in [7, 11) is 0. The second-order valence-corrected chi connectivity index (χ2v) is 9.31. The van der Waals surface area contributed by atoms with Gasteiger partial charge in [0.15, 0.2) is 0 Å². The molecule has 4 unspecified atom stereocenters. The summed E-state index contributed by atoms with van der Waals surface area (Å²) in [6.07, 6.45) is 16.9. The van der Waals surface area contributed by atoms with Gasteiger partial charge in [0, 0.05) is 36.5 Å². The summed E-state index contributed by atoms with van der Waals surface area (Å²) < 4.78 is 6.21. The topological polar surface area (TPSA) is 49.1 Å². The minimum Gasteiger partial charge on any atom is -0.378 e. The molecule has 4 rings (SSSR count). The number of hydrogen-bond donors (Lipinski definition) is 3. The van der Waals surface area contributed by atoms with Crippen LogP contribution in [0.3, 0.4) is 0 Å². The second-order valence-electron chi connectivity index (χ2n) is 9.31. The third kappa shape index (κ3) is 5.16. The highest BCUT2D eigenvalue weighted by molar-refractivity contribution is 5.20. The van der Waals surface area contributed by atoms with E-state index in [9.17, 15) is 0 Å². The third-order valence-electron chi connectivity index (χ3n) is 7.30. The Labute approximate surface area is 165 Å². The van der Waals surface area contributed by atoms with Crippen LogP contribution < -0.4 is 10.6 Å². The third-order valence-corrected chi connectivity index (χ3v) is 7.30. The molecular weight excluding hydrogens is 334 g/mol. The molecule has 2 saturated carbocycles. The Balaban J connectivity index is 1.43. The Morgan fingerprint density at radius 1 is 1.00 bits per heavy atom. The van der Waals surface area contributed by atoms with Gasteiger partial charge in [0.25, 0.3) is 0 Å². The molecule has 4 bridgehead atoms. The van der Waals surface area contributed by atoms with Crippen molar-refractivity contribution in [3.05, 3.63) is 24.0 Å². The molecule has 0 aromatic carbocycles. The summed E-state index contributed by atoms with van der Waals surface area (Å²) in [5.74, 6) is 0.853. The highest BCUT2D eigenvalue weighted by atomic mass is 16.5. The SMILES string of the molecule is c1c[nH]c(C23CCCC(C2)NCCCCOC2CCCC(CCNC3)C2)c1. The number of fused-ring (bicyclic) bond motifs is 4. The number of rotatable bonds is 1. The zero-order valence-corrected chi connectivity index (χ0v) is 17.0. The Kier molecular flexibility index (Phi) is 6.91. The summed E-state index contributed by atoms with van der Waals surface area (Å²) in [6.45, 7) is 4.35. The summed E-state index contributed by atoms with van der Waals surface area (Å²) in [5.41, 5.74) is 1.71. The highest BCUT2D eigenvalue weighted by Crippen LogP contribution is 2.38. The van der Waals surface area contributed by atoms with Crippen molar-refractivity contribution >= 4 is 0 Å². The predicted molar refractivity (Wildman–Crippen MR) is 111 cm³/mol. The molecule has 0 amide bonds. The van der Waals surface area contributed by atoms with Crippen molar-refractivity contribution in [1.82, 2.24) is 15.6 Å². The molecule has 1 saturated heterocycles. The molecular formula is C23H39N3O. The van der Waals surface area contributed by atoms with E-state index in [4.69, 9.17) is 4.74 Å². The molecule has 4 heteroatoms. The minimum atomic E-state index is 0.273. The largest absolute Gasteiger partial charge is 0.378 e. The zero-order chi connectivity index (χ0) is 18.4. The Morgan fingerprint density at radius 2 is 2.00 bits per heavy atom. The molecule has 1 aromatic heterocycles. The fourth-order valence-electron chi connectivity index (χ4n) is 5.77. The normalized spacial score (nSPS) is 37.0. The average Bonchev–Trinajstić information content (AvgIpc) is 3.24. The van der Waals surface area contributed by atoms with Gasteiger partial charge >= 0.3 is 0 Å². The Bertz CT molecular complexity index is 546. The summed E-state index contributed by atoms with van der Waals surface area (Å²) in [5, 5.41) is 7.73. The molecule has 0 radical (unpaired) electrons. The van der Waals surface area contributed by atoms with Crippen molar-refractivity contribution in [2.75, 3.05) is 26.2 Å². The highest BCUT2D eigenvalue weighted by Gasteiger charge is 2.38. The van der Waals surface area contributed by atoms with E-state index in [-0.39, 0.29) is 5.41 Å². The van der Waals surface area contributed by atoms with Crippen LogP contribution in [0.1, 0.15) is 76.3 Å². The van der Waals surface area contributed by atoms with Crippen LogP contribution >= 0.6 is 0 Å². The van der Waals surface area contributed by atoms with Gasteiger partial charge in [-0.1, -0.05) is 19.3 Å². The van der Waals surface area contributed by atoms with Crippen LogP contribution in [0.2, 0.25) is 0 Å². The van der Waals surface area contributed by atoms with Gasteiger partial charge in [-0.3, -0.25) is 0 Å². The van der Waals surface area contributed by atoms with E-state index in [2.05, 4.69) is 33.9 Å². The van der Waals surface area contributed by atoms with Gasteiger partial charge in [-0.25, -0.2) is 0 Å². The van der Waals surface area contributed by atoms with Crippen LogP contribution in [0.4, 0.5) is 0 Å². The maximum Gasteiger partial charge on any atom is 0.0577 e. The van der Waals surface area contributed by atoms with Crippen LogP contribution in [0, 0.1) is 5.92 Å². The van der Waals surface area contributed by atoms with E-state index in [0.717, 1.165) is 32.2 Å². The van der Waals surface area contributed by atoms with Crippen LogP contribution in [-0.2, 0) is 10.2 Å². The van der Waals surface area contributed by atoms with Crippen molar-refractivity contribution in [3.8, 4) is 0 Å². The number of nitrogens with one attached hydrogen (secondary N) is 3. The second kappa shape index (κ2) is 9.58. The Hall–Kier alpha value is -0.840. The quantitative estimate of drug-likeness (QED) is 0.694. The first-order chi connectivity index (χ1) is 13.3. The number of H-pyrrole nitrogens is 1. The molecule has 4 nitrogen and oxygen atoms in total. The fourth-order valence-corrected chi connectivity index (χ4v) is 5.77. The minimum absolute atomic E-state index is 0.273. The van der Waals surface area contributed by atoms with Crippen molar-refractivity contribution < 1.29 is 4.74 Å². The predicted octanol–water partition coefficient (Wildman–Crippen LogP) is 4.13. The number of aromatic amines is 1. The molecule has 3 N–H and O–H groups in total. The van der Waals surface area contributed by atoms with Gasteiger partial charge < -0.3 is 20.4 Å². The lowest BCUT2D eigenvalue weighted by molar-refractivity contribution is 0.00992. The maximum atomic E-state index is 6.21. The molecule has 3 fully saturated rings. The Morgan fingerprint density at radius 3 is 2.93 bits per heavy atom. The lowest BCUT2D eigenvalue weighted by Gasteiger charge is -2.41.